The summed E-state index contributed by atoms with van der Waals surface area (Å²) in [6.45, 7) is 0.961. The molecule has 0 aromatic heterocycles. The fourth-order valence-corrected chi connectivity index (χ4v) is 1.20. The van der Waals surface area contributed by atoms with E-state index in [2.05, 4.69) is 5.32 Å². The number of ether oxygens (including phenoxy) is 1. The average Bonchev–Trinajstić information content (AvgIpc) is 2.34. The van der Waals surface area contributed by atoms with Crippen LogP contribution >= 0.6 is 0 Å². The third kappa shape index (κ3) is 3.74. The lowest BCUT2D eigenvalue weighted by Crippen LogP contribution is -2.23. The number of carbonyl (C=O) groups is 1. The number of hydrogen-bond acceptors (Lipinski definition) is 3. The third-order valence-electron chi connectivity index (χ3n) is 2.02. The molecule has 1 rings (SSSR count). The van der Waals surface area contributed by atoms with Crippen LogP contribution in [0.4, 0.5) is 0 Å². The van der Waals surface area contributed by atoms with Gasteiger partial charge in [0.05, 0.1) is 7.11 Å². The summed E-state index contributed by atoms with van der Waals surface area (Å²) in [5.41, 5.74) is 5.86. The Morgan fingerprint density at radius 3 is 3.00 bits per heavy atom. The first-order chi connectivity index (χ1) is 7.77. The van der Waals surface area contributed by atoms with Crippen LogP contribution in [0.1, 0.15) is 10.4 Å². The van der Waals surface area contributed by atoms with Crippen molar-refractivity contribution in [3.05, 3.63) is 42.0 Å². The SMILES string of the molecule is COc1cccc(C(=O)NC/C=C/CN)c1. The number of hydrogen-bond donors (Lipinski definition) is 2. The first-order valence-electron chi connectivity index (χ1n) is 5.05. The summed E-state index contributed by atoms with van der Waals surface area (Å²) in [5.74, 6) is 0.547. The van der Waals surface area contributed by atoms with Crippen molar-refractivity contribution in [1.29, 1.82) is 0 Å². The third-order valence-corrected chi connectivity index (χ3v) is 2.02. The molecular formula is C12H16N2O2. The Kier molecular flexibility index (Phi) is 5.08. The molecule has 0 spiro atoms. The zero-order valence-corrected chi connectivity index (χ0v) is 9.27. The molecule has 3 N–H and O–H groups in total. The largest absolute Gasteiger partial charge is 0.497 e. The standard InChI is InChI=1S/C12H16N2O2/c1-16-11-6-4-5-10(9-11)12(15)14-8-3-2-7-13/h2-6,9H,7-8,13H2,1H3,(H,14,15)/b3-2+. The predicted octanol–water partition coefficient (Wildman–Crippen LogP) is 0.940. The van der Waals surface area contributed by atoms with Gasteiger partial charge in [0, 0.05) is 18.7 Å². The van der Waals surface area contributed by atoms with Crippen molar-refractivity contribution in [2.24, 2.45) is 5.73 Å². The van der Waals surface area contributed by atoms with E-state index in [4.69, 9.17) is 10.5 Å². The second-order valence-corrected chi connectivity index (χ2v) is 3.15. The molecular weight excluding hydrogens is 204 g/mol. The molecule has 0 aliphatic carbocycles. The van der Waals surface area contributed by atoms with Gasteiger partial charge in [-0.25, -0.2) is 0 Å². The molecule has 1 amide bonds. The molecule has 0 radical (unpaired) electrons. The molecule has 0 aliphatic heterocycles. The minimum Gasteiger partial charge on any atom is -0.497 e. The smallest absolute Gasteiger partial charge is 0.251 e. The fraction of sp³-hybridized carbons (Fsp3) is 0.250. The lowest BCUT2D eigenvalue weighted by Gasteiger charge is -2.04. The van der Waals surface area contributed by atoms with E-state index in [-0.39, 0.29) is 5.91 Å². The quantitative estimate of drug-likeness (QED) is 0.726. The Hall–Kier alpha value is -1.81. The van der Waals surface area contributed by atoms with Crippen LogP contribution in [0.3, 0.4) is 0 Å². The minimum absolute atomic E-state index is 0.124. The van der Waals surface area contributed by atoms with Crippen LogP contribution in [-0.2, 0) is 0 Å². The van der Waals surface area contributed by atoms with Gasteiger partial charge in [0.1, 0.15) is 5.75 Å². The Morgan fingerprint density at radius 1 is 1.50 bits per heavy atom. The normalized spacial score (nSPS) is 10.4. The first kappa shape index (κ1) is 12.3. The highest BCUT2D eigenvalue weighted by molar-refractivity contribution is 5.94. The van der Waals surface area contributed by atoms with Gasteiger partial charge in [0.15, 0.2) is 0 Å². The van der Waals surface area contributed by atoms with Crippen molar-refractivity contribution in [1.82, 2.24) is 5.32 Å². The number of amides is 1. The second-order valence-electron chi connectivity index (χ2n) is 3.15. The predicted molar refractivity (Wildman–Crippen MR) is 63.5 cm³/mol. The van der Waals surface area contributed by atoms with Crippen molar-refractivity contribution in [2.75, 3.05) is 20.2 Å². The van der Waals surface area contributed by atoms with Crippen LogP contribution in [0.15, 0.2) is 36.4 Å². The summed E-state index contributed by atoms with van der Waals surface area (Å²) in [7, 11) is 1.57. The van der Waals surface area contributed by atoms with Crippen LogP contribution in [0, 0.1) is 0 Å². The highest BCUT2D eigenvalue weighted by atomic mass is 16.5. The van der Waals surface area contributed by atoms with Crippen molar-refractivity contribution in [3.8, 4) is 5.75 Å². The molecule has 86 valence electrons. The number of benzene rings is 1. The first-order valence-corrected chi connectivity index (χ1v) is 5.05. The molecule has 0 bridgehead atoms. The Labute approximate surface area is 95.1 Å². The molecule has 1 aromatic rings. The monoisotopic (exact) mass is 220 g/mol. The van der Waals surface area contributed by atoms with E-state index < -0.39 is 0 Å². The fourth-order valence-electron chi connectivity index (χ4n) is 1.20. The second kappa shape index (κ2) is 6.63. The number of methoxy groups -OCH3 is 1. The van der Waals surface area contributed by atoms with E-state index in [1.54, 1.807) is 37.5 Å². The van der Waals surface area contributed by atoms with E-state index in [1.807, 2.05) is 6.08 Å². The van der Waals surface area contributed by atoms with Gasteiger partial charge in [0.2, 0.25) is 0 Å². The van der Waals surface area contributed by atoms with Crippen LogP contribution < -0.4 is 15.8 Å². The lowest BCUT2D eigenvalue weighted by atomic mass is 10.2. The topological polar surface area (TPSA) is 64.3 Å². The average molecular weight is 220 g/mol. The maximum Gasteiger partial charge on any atom is 0.251 e. The summed E-state index contributed by atoms with van der Waals surface area (Å²) in [4.78, 5) is 11.6. The van der Waals surface area contributed by atoms with Gasteiger partial charge in [-0.15, -0.1) is 0 Å². The molecule has 0 saturated heterocycles. The van der Waals surface area contributed by atoms with Crippen LogP contribution in [0.2, 0.25) is 0 Å². The van der Waals surface area contributed by atoms with E-state index >= 15 is 0 Å². The van der Waals surface area contributed by atoms with E-state index in [1.165, 1.54) is 0 Å². The van der Waals surface area contributed by atoms with Gasteiger partial charge in [-0.2, -0.15) is 0 Å². The van der Waals surface area contributed by atoms with Crippen molar-refractivity contribution < 1.29 is 9.53 Å². The molecule has 0 fully saturated rings. The summed E-state index contributed by atoms with van der Waals surface area (Å²) in [6.07, 6.45) is 3.62. The van der Waals surface area contributed by atoms with E-state index in [0.29, 0.717) is 24.4 Å². The summed E-state index contributed by atoms with van der Waals surface area (Å²) in [5, 5.41) is 2.75. The number of nitrogens with one attached hydrogen (secondary N) is 1. The summed E-state index contributed by atoms with van der Waals surface area (Å²) >= 11 is 0. The lowest BCUT2D eigenvalue weighted by molar-refractivity contribution is 0.0957. The van der Waals surface area contributed by atoms with Crippen LogP contribution in [0.25, 0.3) is 0 Å². The van der Waals surface area contributed by atoms with Gasteiger partial charge < -0.3 is 15.8 Å². The van der Waals surface area contributed by atoms with Gasteiger partial charge in [-0.05, 0) is 18.2 Å². The van der Waals surface area contributed by atoms with Crippen molar-refractivity contribution in [3.63, 3.8) is 0 Å². The zero-order chi connectivity index (χ0) is 11.8. The Bertz CT molecular complexity index is 375. The van der Waals surface area contributed by atoms with Crippen LogP contribution in [-0.4, -0.2) is 26.1 Å². The molecule has 4 nitrogen and oxygen atoms in total. The molecule has 1 aromatic carbocycles. The number of nitrogens with two attached hydrogens (primary N) is 1. The maximum absolute atomic E-state index is 11.6. The maximum atomic E-state index is 11.6. The Balaban J connectivity index is 2.55. The summed E-state index contributed by atoms with van der Waals surface area (Å²) < 4.78 is 5.04. The molecule has 0 aliphatic rings. The van der Waals surface area contributed by atoms with E-state index in [9.17, 15) is 4.79 Å². The van der Waals surface area contributed by atoms with Gasteiger partial charge >= 0.3 is 0 Å². The molecule has 16 heavy (non-hydrogen) atoms. The number of carbonyl (C=O) groups excluding carboxylic acids is 1. The minimum atomic E-state index is -0.124. The van der Waals surface area contributed by atoms with Gasteiger partial charge in [0.25, 0.3) is 5.91 Å². The van der Waals surface area contributed by atoms with Gasteiger partial charge in [-0.1, -0.05) is 18.2 Å². The summed E-state index contributed by atoms with van der Waals surface area (Å²) in [6, 6.07) is 7.01. The zero-order valence-electron chi connectivity index (χ0n) is 9.27. The molecule has 0 atom stereocenters. The van der Waals surface area contributed by atoms with E-state index in [0.717, 1.165) is 0 Å². The van der Waals surface area contributed by atoms with Crippen molar-refractivity contribution in [2.45, 2.75) is 0 Å². The number of rotatable bonds is 5. The molecule has 0 heterocycles. The molecule has 0 unspecified atom stereocenters. The molecule has 0 saturated carbocycles. The van der Waals surface area contributed by atoms with Crippen LogP contribution in [0.5, 0.6) is 5.75 Å². The van der Waals surface area contributed by atoms with Crippen molar-refractivity contribution >= 4 is 5.91 Å². The highest BCUT2D eigenvalue weighted by Crippen LogP contribution is 2.11. The molecule has 4 heteroatoms. The Morgan fingerprint density at radius 2 is 2.31 bits per heavy atom. The highest BCUT2D eigenvalue weighted by Gasteiger charge is 2.04. The van der Waals surface area contributed by atoms with Gasteiger partial charge in [-0.3, -0.25) is 4.79 Å².